The highest BCUT2D eigenvalue weighted by Crippen LogP contribution is 2.37. The van der Waals surface area contributed by atoms with E-state index in [4.69, 9.17) is 21.1 Å². The van der Waals surface area contributed by atoms with E-state index in [1.165, 1.54) is 4.68 Å². The predicted octanol–water partition coefficient (Wildman–Crippen LogP) is 6.67. The number of nitriles is 1. The van der Waals surface area contributed by atoms with Crippen LogP contribution >= 0.6 is 27.5 Å². The largest absolute Gasteiger partial charge is 0.490 e. The highest BCUT2D eigenvalue weighted by molar-refractivity contribution is 9.10. The normalized spacial score (nSPS) is 11.3. The molecule has 0 bridgehead atoms. The molecule has 0 amide bonds. The second-order valence-corrected chi connectivity index (χ2v) is 9.79. The summed E-state index contributed by atoms with van der Waals surface area (Å²) in [5.74, 6) is 1.31. The molecule has 1 heterocycles. The summed E-state index contributed by atoms with van der Waals surface area (Å²) < 4.78 is 13.9. The molecule has 0 saturated carbocycles. The topological polar surface area (TPSA) is 89.5 Å². The number of aromatic nitrogens is 2. The predicted molar refractivity (Wildman–Crippen MR) is 149 cm³/mol. The van der Waals surface area contributed by atoms with E-state index in [0.717, 1.165) is 10.0 Å². The van der Waals surface area contributed by atoms with Crippen molar-refractivity contribution < 1.29 is 9.47 Å². The molecule has 0 unspecified atom stereocenters. The second-order valence-electron chi connectivity index (χ2n) is 8.47. The summed E-state index contributed by atoms with van der Waals surface area (Å²) >= 11 is 10.00. The number of hydrogen-bond donors (Lipinski definition) is 0. The molecule has 1 aromatic heterocycles. The Bertz CT molecular complexity index is 1590. The SMILES string of the molecule is CCOc1cc(C=Nn2c(C(C)C)nc3ccc(Br)cc3c2=O)cc(Cl)c1OCc1ccccc1C#N. The molecule has 37 heavy (non-hydrogen) atoms. The first-order valence-corrected chi connectivity index (χ1v) is 12.8. The number of halogens is 2. The fourth-order valence-corrected chi connectivity index (χ4v) is 4.38. The number of fused-ring (bicyclic) bond motifs is 1. The summed E-state index contributed by atoms with van der Waals surface area (Å²) in [4.78, 5) is 18.0. The number of rotatable bonds is 8. The zero-order valence-corrected chi connectivity index (χ0v) is 22.9. The Morgan fingerprint density at radius 2 is 1.97 bits per heavy atom. The first kappa shape index (κ1) is 26.4. The lowest BCUT2D eigenvalue weighted by molar-refractivity contribution is 0.269. The maximum atomic E-state index is 13.3. The third kappa shape index (κ3) is 5.85. The van der Waals surface area contributed by atoms with Gasteiger partial charge in [0.15, 0.2) is 11.5 Å². The zero-order valence-electron chi connectivity index (χ0n) is 20.5. The lowest BCUT2D eigenvalue weighted by Crippen LogP contribution is -2.23. The molecule has 3 aromatic carbocycles. The number of hydrogen-bond acceptors (Lipinski definition) is 6. The Labute approximate surface area is 228 Å². The van der Waals surface area contributed by atoms with Gasteiger partial charge in [-0.25, -0.2) is 4.98 Å². The lowest BCUT2D eigenvalue weighted by Gasteiger charge is -2.15. The van der Waals surface area contributed by atoms with Crippen molar-refractivity contribution in [2.45, 2.75) is 33.3 Å². The lowest BCUT2D eigenvalue weighted by atomic mass is 10.1. The van der Waals surface area contributed by atoms with E-state index in [1.807, 2.05) is 45.0 Å². The number of nitrogens with zero attached hydrogens (tertiary/aromatic N) is 4. The van der Waals surface area contributed by atoms with E-state index in [-0.39, 0.29) is 18.1 Å². The molecule has 0 fully saturated rings. The minimum atomic E-state index is -0.265. The molecule has 0 saturated heterocycles. The maximum absolute atomic E-state index is 13.3. The van der Waals surface area contributed by atoms with Crippen molar-refractivity contribution >= 4 is 44.6 Å². The van der Waals surface area contributed by atoms with Crippen molar-refractivity contribution in [3.05, 3.63) is 97.0 Å². The van der Waals surface area contributed by atoms with E-state index in [0.29, 0.717) is 51.0 Å². The average molecular weight is 580 g/mol. The van der Waals surface area contributed by atoms with Crippen LogP contribution in [0.1, 0.15) is 49.2 Å². The summed E-state index contributed by atoms with van der Waals surface area (Å²) in [6.07, 6.45) is 1.54. The fraction of sp³-hybridized carbons (Fsp3) is 0.214. The summed E-state index contributed by atoms with van der Waals surface area (Å²) in [6, 6.07) is 18.2. The number of benzene rings is 3. The van der Waals surface area contributed by atoms with Gasteiger partial charge in [0.25, 0.3) is 5.56 Å². The smallest absolute Gasteiger partial charge is 0.282 e. The zero-order chi connectivity index (χ0) is 26.5. The van der Waals surface area contributed by atoms with Crippen LogP contribution in [0.15, 0.2) is 69.0 Å². The molecule has 4 rings (SSSR count). The van der Waals surface area contributed by atoms with E-state index in [9.17, 15) is 10.1 Å². The standard InChI is InChI=1S/C28H24BrClN4O3/c1-4-36-25-12-18(11-23(30)26(25)37-16-20-8-6-5-7-19(20)14-31)15-32-34-27(17(2)3)33-24-10-9-21(29)13-22(24)28(34)35/h5-13,15,17H,4,16H2,1-3H3. The van der Waals surface area contributed by atoms with Gasteiger partial charge in [-0.3, -0.25) is 4.79 Å². The summed E-state index contributed by atoms with van der Waals surface area (Å²) in [5.41, 5.74) is 2.24. The van der Waals surface area contributed by atoms with Crippen LogP contribution < -0.4 is 15.0 Å². The minimum Gasteiger partial charge on any atom is -0.490 e. The van der Waals surface area contributed by atoms with Crippen molar-refractivity contribution in [2.75, 3.05) is 6.61 Å². The van der Waals surface area contributed by atoms with Crippen LogP contribution in [0.25, 0.3) is 10.9 Å². The van der Waals surface area contributed by atoms with E-state index < -0.39 is 0 Å². The van der Waals surface area contributed by atoms with Crippen LogP contribution in [0, 0.1) is 11.3 Å². The van der Waals surface area contributed by atoms with E-state index >= 15 is 0 Å². The molecule has 7 nitrogen and oxygen atoms in total. The Balaban J connectivity index is 1.71. The Morgan fingerprint density at radius 1 is 1.19 bits per heavy atom. The molecule has 0 aliphatic rings. The molecule has 188 valence electrons. The Kier molecular flexibility index (Phi) is 8.27. The van der Waals surface area contributed by atoms with E-state index in [1.54, 1.807) is 36.5 Å². The number of ether oxygens (including phenoxy) is 2. The van der Waals surface area contributed by atoms with Gasteiger partial charge < -0.3 is 9.47 Å². The van der Waals surface area contributed by atoms with Crippen LogP contribution in [-0.4, -0.2) is 22.5 Å². The third-order valence-electron chi connectivity index (χ3n) is 5.51. The van der Waals surface area contributed by atoms with Crippen LogP contribution in [0.2, 0.25) is 5.02 Å². The molecule has 4 aromatic rings. The van der Waals surface area contributed by atoms with E-state index in [2.05, 4.69) is 32.1 Å². The molecule has 0 aliphatic carbocycles. The molecular weight excluding hydrogens is 556 g/mol. The molecule has 0 aliphatic heterocycles. The van der Waals surface area contributed by atoms with Crippen molar-refractivity contribution in [3.63, 3.8) is 0 Å². The average Bonchev–Trinajstić information content (AvgIpc) is 2.88. The fourth-order valence-electron chi connectivity index (χ4n) is 3.75. The Morgan fingerprint density at radius 3 is 2.70 bits per heavy atom. The highest BCUT2D eigenvalue weighted by atomic mass is 79.9. The van der Waals surface area contributed by atoms with Gasteiger partial charge >= 0.3 is 0 Å². The van der Waals surface area contributed by atoms with Crippen LogP contribution in [0.5, 0.6) is 11.5 Å². The van der Waals surface area contributed by atoms with Crippen LogP contribution in [0.4, 0.5) is 0 Å². The van der Waals surface area contributed by atoms with Crippen molar-refractivity contribution in [1.29, 1.82) is 5.26 Å². The van der Waals surface area contributed by atoms with Crippen LogP contribution in [-0.2, 0) is 6.61 Å². The van der Waals surface area contributed by atoms with Gasteiger partial charge in [-0.15, -0.1) is 0 Å². The molecule has 0 N–H and O–H groups in total. The van der Waals surface area contributed by atoms with Crippen molar-refractivity contribution in [1.82, 2.24) is 9.66 Å². The maximum Gasteiger partial charge on any atom is 0.282 e. The first-order chi connectivity index (χ1) is 17.8. The van der Waals surface area contributed by atoms with Gasteiger partial charge in [0.2, 0.25) is 0 Å². The molecule has 9 heteroatoms. The molecule has 0 spiro atoms. The third-order valence-corrected chi connectivity index (χ3v) is 6.29. The molecular formula is C28H24BrClN4O3. The Hall–Kier alpha value is -3.67. The van der Waals surface area contributed by atoms with Gasteiger partial charge in [-0.2, -0.15) is 15.0 Å². The van der Waals surface area contributed by atoms with Gasteiger partial charge in [-0.1, -0.05) is 59.6 Å². The van der Waals surface area contributed by atoms with Gasteiger partial charge in [-0.05, 0) is 48.9 Å². The van der Waals surface area contributed by atoms with Gasteiger partial charge in [0, 0.05) is 16.0 Å². The first-order valence-electron chi connectivity index (χ1n) is 11.7. The van der Waals surface area contributed by atoms with Gasteiger partial charge in [0.1, 0.15) is 12.4 Å². The minimum absolute atomic E-state index is 0.0347. The highest BCUT2D eigenvalue weighted by Gasteiger charge is 2.16. The van der Waals surface area contributed by atoms with Crippen molar-refractivity contribution in [3.8, 4) is 17.6 Å². The molecule has 0 atom stereocenters. The quantitative estimate of drug-likeness (QED) is 0.218. The summed E-state index contributed by atoms with van der Waals surface area (Å²) in [6.45, 7) is 6.32. The van der Waals surface area contributed by atoms with Crippen LogP contribution in [0.3, 0.4) is 0 Å². The summed E-state index contributed by atoms with van der Waals surface area (Å²) in [5, 5.41) is 14.6. The molecule has 0 radical (unpaired) electrons. The van der Waals surface area contributed by atoms with Crippen molar-refractivity contribution in [2.24, 2.45) is 5.10 Å². The second kappa shape index (κ2) is 11.6. The van der Waals surface area contributed by atoms with Gasteiger partial charge in [0.05, 0.1) is 40.4 Å². The monoisotopic (exact) mass is 578 g/mol. The summed E-state index contributed by atoms with van der Waals surface area (Å²) in [7, 11) is 0.